The summed E-state index contributed by atoms with van der Waals surface area (Å²) in [5, 5.41) is 42.1. The molecule has 6 heterocycles. The summed E-state index contributed by atoms with van der Waals surface area (Å²) in [4.78, 5) is 23.0. The smallest absolute Gasteiger partial charge is 0.387 e. The number of benzene rings is 2. The monoisotopic (exact) mass is 971 g/mol. The Morgan fingerprint density at radius 2 is 1.22 bits per heavy atom. The maximum atomic E-state index is 13.5. The van der Waals surface area contributed by atoms with E-state index in [1.165, 1.54) is 34.5 Å². The number of carbonyl (C=O) groups excluding carboxylic acids is 2. The molecule has 6 N–H and O–H groups in total. The number of aromatic nitrogens is 2. The largest absolute Gasteiger partial charge is 0.475 e. The van der Waals surface area contributed by atoms with Crippen LogP contribution in [0.15, 0.2) is 91.5 Å². The van der Waals surface area contributed by atoms with E-state index in [1.54, 1.807) is 54.9 Å². The first kappa shape index (κ1) is 48.9. The Morgan fingerprint density at radius 3 is 1.71 bits per heavy atom. The van der Waals surface area contributed by atoms with Crippen molar-refractivity contribution in [2.24, 2.45) is 5.73 Å². The number of aliphatic hydroxyl groups is 4. The summed E-state index contributed by atoms with van der Waals surface area (Å²) in [6.07, 6.45) is -4.38. The second kappa shape index (κ2) is 20.9. The first-order chi connectivity index (χ1) is 30.9. The van der Waals surface area contributed by atoms with Crippen LogP contribution >= 0.6 is 27.2 Å². The third-order valence-electron chi connectivity index (χ3n) is 10.6. The van der Waals surface area contributed by atoms with Crippen LogP contribution in [0.25, 0.3) is 0 Å². The molecule has 2 aromatic carbocycles. The van der Waals surface area contributed by atoms with Crippen molar-refractivity contribution in [1.29, 1.82) is 0 Å². The number of nitrogens with zero attached hydrogens (tertiary/aromatic N) is 2. The Morgan fingerprint density at radius 1 is 0.723 bits per heavy atom. The van der Waals surface area contributed by atoms with E-state index in [1.807, 2.05) is 0 Å². The summed E-state index contributed by atoms with van der Waals surface area (Å²) in [5.41, 5.74) is 6.76. The molecule has 12 atom stereocenters. The second-order valence-electron chi connectivity index (χ2n) is 15.3. The van der Waals surface area contributed by atoms with Crippen molar-refractivity contribution in [3.63, 3.8) is 0 Å². The Labute approximate surface area is 375 Å². The van der Waals surface area contributed by atoms with Crippen LogP contribution in [0, 0.1) is 11.6 Å². The highest BCUT2D eigenvalue weighted by atomic mass is 35.5. The summed E-state index contributed by atoms with van der Waals surface area (Å²) >= 11 is 6.02. The number of ketones is 1. The molecule has 4 aliphatic heterocycles. The number of carbonyl (C=O) groups is 2. The average molecular weight is 972 g/mol. The van der Waals surface area contributed by atoms with Gasteiger partial charge in [-0.25, -0.2) is 17.9 Å². The van der Waals surface area contributed by atoms with E-state index < -0.39 is 101 Å². The normalized spacial score (nSPS) is 32.4. The van der Waals surface area contributed by atoms with Crippen molar-refractivity contribution in [2.45, 2.75) is 81.1 Å². The number of nitrogens with two attached hydrogens (primary N) is 1. The molecule has 8 rings (SSSR count). The number of ether oxygens (including phenoxy) is 2. The minimum atomic E-state index is -4.15. The molecule has 4 aliphatic rings. The van der Waals surface area contributed by atoms with Crippen molar-refractivity contribution < 1.29 is 93.7 Å². The Hall–Kier alpha value is -3.99. The number of Topliss-reactive ketones (excluding diaryl/α,β-unsaturated/α-hetero) is 1. The van der Waals surface area contributed by atoms with Crippen molar-refractivity contribution in [3.8, 4) is 0 Å². The molecule has 4 fully saturated rings. The molecule has 65 heavy (non-hydrogen) atoms. The van der Waals surface area contributed by atoms with E-state index in [0.29, 0.717) is 23.1 Å². The van der Waals surface area contributed by atoms with E-state index >= 15 is 0 Å². The molecule has 1 amide bonds. The van der Waals surface area contributed by atoms with Crippen LogP contribution in [0.2, 0.25) is 5.02 Å². The zero-order valence-corrected chi connectivity index (χ0v) is 36.9. The van der Waals surface area contributed by atoms with Crippen LogP contribution in [0.4, 0.5) is 8.78 Å². The van der Waals surface area contributed by atoms with Crippen LogP contribution < -0.4 is 14.9 Å². The number of aliphatic hydroxyl groups excluding tert-OH is 4. The molecule has 24 heteroatoms. The molecule has 0 saturated carbocycles. The van der Waals surface area contributed by atoms with Gasteiger partial charge in [0.25, 0.3) is 18.4 Å². The van der Waals surface area contributed by atoms with Gasteiger partial charge in [-0.1, -0.05) is 23.7 Å². The fraction of sp³-hybridized carbons (Fsp3) is 0.415. The first-order valence-corrected chi connectivity index (χ1v) is 23.4. The standard InChI is InChI=1S/C21H23F2NO8P.C20H22ClN2O8P/c1-12(25)13-3-2-5-24(10-13)21-20(27)19(26)18(31-21)11-30-33(28)29-6-4-17(32-33)14-7-15(22)9-16(23)8-14;21-14-5-1-3-12(9-14)15-6-8-28-32(27,31-15)29-11-16-17(24)18(25)20(30-16)23-7-2-4-13(10-23)19(22)26/h2-3,5,7-10,17-21,26-27H,4,6,11H2,1H3;1-5,7,9-10,15-18,20,24-25H,6,8,11H2,(H-,22,26)/q+1;/p+1/t17?,18-,19?,20+,21-,33?;15?,16-,17?,18+,20-,32?/m11/s1. The van der Waals surface area contributed by atoms with Crippen LogP contribution in [-0.4, -0.2) is 95.2 Å². The Kier molecular flexibility index (Phi) is 15.7. The van der Waals surface area contributed by atoms with E-state index in [2.05, 4.69) is 0 Å². The summed E-state index contributed by atoms with van der Waals surface area (Å²) in [5.74, 6) is -2.43. The van der Waals surface area contributed by atoms with E-state index in [0.717, 1.165) is 17.7 Å². The lowest BCUT2D eigenvalue weighted by molar-refractivity contribution is -0.766. The minimum Gasteiger partial charge on any atom is -0.387 e. The van der Waals surface area contributed by atoms with Crippen LogP contribution in [0.1, 0.15) is 76.3 Å². The highest BCUT2D eigenvalue weighted by Gasteiger charge is 2.51. The van der Waals surface area contributed by atoms with Crippen LogP contribution in [0.5, 0.6) is 0 Å². The molecular weight excluding hydrogens is 926 g/mol. The van der Waals surface area contributed by atoms with Gasteiger partial charge in [0.1, 0.15) is 41.6 Å². The number of rotatable bonds is 12. The van der Waals surface area contributed by atoms with Crippen molar-refractivity contribution in [3.05, 3.63) is 130 Å². The molecule has 6 unspecified atom stereocenters. The molecule has 0 bridgehead atoms. The lowest BCUT2D eigenvalue weighted by Gasteiger charge is -2.29. The summed E-state index contributed by atoms with van der Waals surface area (Å²) in [6.45, 7) is 0.675. The summed E-state index contributed by atoms with van der Waals surface area (Å²) in [6, 6.07) is 16.1. The van der Waals surface area contributed by atoms with Gasteiger partial charge < -0.3 is 35.6 Å². The number of hydrogen-bond donors (Lipinski definition) is 5. The zero-order valence-electron chi connectivity index (χ0n) is 34.4. The maximum absolute atomic E-state index is 13.5. The van der Waals surface area contributed by atoms with E-state index in [4.69, 9.17) is 54.0 Å². The zero-order chi connectivity index (χ0) is 46.6. The topological polar surface area (TPSA) is 257 Å². The van der Waals surface area contributed by atoms with Crippen molar-refractivity contribution in [1.82, 2.24) is 0 Å². The molecule has 0 radical (unpaired) electrons. The van der Waals surface area contributed by atoms with Gasteiger partial charge in [-0.05, 0) is 54.4 Å². The summed E-state index contributed by atoms with van der Waals surface area (Å²) in [7, 11) is -8.09. The number of hydrogen-bond acceptors (Lipinski definition) is 16. The number of phosphoric acid groups is 2. The van der Waals surface area contributed by atoms with Gasteiger partial charge in [-0.15, -0.1) is 0 Å². The SMILES string of the molecule is CC(=O)c1ccc[n+]([C@@H]2O[C@H](COP3(=O)OCCC(c4cc(F)cc(F)c4)O3)C(O)[C@@H]2O)c1.NC(=O)c1ccc[n+]([C@@H]2O[C@H](COP3(=O)OCCC(c4cccc(Cl)c4)O3)C(O)[C@@H]2O)c1. The van der Waals surface area contributed by atoms with Crippen molar-refractivity contribution >= 4 is 38.9 Å². The molecular formula is C41H46ClF2N3O16P2+2. The highest BCUT2D eigenvalue weighted by molar-refractivity contribution is 7.48. The van der Waals surface area contributed by atoms with Gasteiger partial charge in [0.15, 0.2) is 42.8 Å². The van der Waals surface area contributed by atoms with E-state index in [-0.39, 0.29) is 43.2 Å². The molecule has 0 spiro atoms. The van der Waals surface area contributed by atoms with Gasteiger partial charge in [-0.2, -0.15) is 9.13 Å². The average Bonchev–Trinajstić information content (AvgIpc) is 3.73. The number of amides is 1. The van der Waals surface area contributed by atoms with Gasteiger partial charge in [-0.3, -0.25) is 36.7 Å². The van der Waals surface area contributed by atoms with E-state index in [9.17, 15) is 47.9 Å². The lowest BCUT2D eigenvalue weighted by atomic mass is 10.1. The summed E-state index contributed by atoms with van der Waals surface area (Å²) < 4.78 is 99.2. The van der Waals surface area contributed by atoms with Gasteiger partial charge in [0.05, 0.1) is 44.2 Å². The third-order valence-corrected chi connectivity index (χ3v) is 13.8. The molecule has 350 valence electrons. The number of phosphoric ester groups is 2. The van der Waals surface area contributed by atoms with Gasteiger partial charge in [0, 0.05) is 36.1 Å². The molecule has 2 aromatic heterocycles. The number of halogens is 3. The predicted molar refractivity (Wildman–Crippen MR) is 217 cm³/mol. The molecule has 0 aliphatic carbocycles. The number of primary amides is 1. The number of pyridine rings is 2. The first-order valence-electron chi connectivity index (χ1n) is 20.1. The fourth-order valence-corrected chi connectivity index (χ4v) is 10.3. The predicted octanol–water partition coefficient (Wildman–Crippen LogP) is 4.03. The molecule has 4 aromatic rings. The Balaban J connectivity index is 0.000000194. The Bertz CT molecular complexity index is 2440. The van der Waals surface area contributed by atoms with Gasteiger partial charge in [0.2, 0.25) is 0 Å². The second-order valence-corrected chi connectivity index (χ2v) is 18.9. The third kappa shape index (κ3) is 11.9. The molecule has 4 saturated heterocycles. The lowest BCUT2D eigenvalue weighted by Crippen LogP contribution is -2.46. The fourth-order valence-electron chi connectivity index (χ4n) is 7.29. The highest BCUT2D eigenvalue weighted by Crippen LogP contribution is 2.58. The molecule has 19 nitrogen and oxygen atoms in total. The minimum absolute atomic E-state index is 0.0485. The van der Waals surface area contributed by atoms with Gasteiger partial charge >= 0.3 is 15.6 Å². The maximum Gasteiger partial charge on any atom is 0.475 e. The van der Waals surface area contributed by atoms with Crippen molar-refractivity contribution in [2.75, 3.05) is 26.4 Å². The van der Waals surface area contributed by atoms with Crippen LogP contribution in [0.3, 0.4) is 0 Å². The quantitative estimate of drug-likeness (QED) is 0.0763. The van der Waals surface area contributed by atoms with Crippen LogP contribution in [-0.2, 0) is 45.7 Å².